The van der Waals surface area contributed by atoms with Gasteiger partial charge in [0.1, 0.15) is 6.61 Å². The van der Waals surface area contributed by atoms with Gasteiger partial charge in [-0.3, -0.25) is 9.59 Å². The lowest BCUT2D eigenvalue weighted by Crippen LogP contribution is -2.29. The Bertz CT molecular complexity index is 453. The summed E-state index contributed by atoms with van der Waals surface area (Å²) in [7, 11) is 0. The van der Waals surface area contributed by atoms with Crippen LogP contribution in [0.4, 0.5) is 0 Å². The van der Waals surface area contributed by atoms with E-state index >= 15 is 0 Å². The average Bonchev–Trinajstić information content (AvgIpc) is 2.36. The molecular formula is C13H14O6. The van der Waals surface area contributed by atoms with Gasteiger partial charge in [-0.2, -0.15) is 0 Å². The third kappa shape index (κ3) is 5.67. The molecule has 6 nitrogen and oxygen atoms in total. The van der Waals surface area contributed by atoms with E-state index in [2.05, 4.69) is 4.74 Å². The third-order valence-electron chi connectivity index (χ3n) is 2.18. The molecule has 1 rings (SSSR count). The number of rotatable bonds is 6. The average molecular weight is 266 g/mol. The minimum Gasteiger partial charge on any atom is -0.478 e. The van der Waals surface area contributed by atoms with Crippen molar-refractivity contribution in [3.63, 3.8) is 0 Å². The summed E-state index contributed by atoms with van der Waals surface area (Å²) in [6.07, 6.45) is -2.03. The van der Waals surface area contributed by atoms with Crippen LogP contribution in [0, 0.1) is 0 Å². The van der Waals surface area contributed by atoms with Gasteiger partial charge < -0.3 is 14.6 Å². The van der Waals surface area contributed by atoms with Gasteiger partial charge in [0.2, 0.25) is 6.10 Å². The van der Waals surface area contributed by atoms with Crippen molar-refractivity contribution in [2.75, 3.05) is 0 Å². The topological polar surface area (TPSA) is 89.9 Å². The summed E-state index contributed by atoms with van der Waals surface area (Å²) >= 11 is 0. The Balaban J connectivity index is 2.45. The van der Waals surface area contributed by atoms with Gasteiger partial charge in [-0.15, -0.1) is 0 Å². The number of ether oxygens (including phenoxy) is 2. The fraction of sp³-hybridized carbons (Fsp3) is 0.308. The van der Waals surface area contributed by atoms with E-state index < -0.39 is 30.4 Å². The predicted molar refractivity (Wildman–Crippen MR) is 64.0 cm³/mol. The van der Waals surface area contributed by atoms with Crippen LogP contribution < -0.4 is 0 Å². The van der Waals surface area contributed by atoms with Crippen molar-refractivity contribution in [3.05, 3.63) is 35.9 Å². The van der Waals surface area contributed by atoms with Crippen molar-refractivity contribution in [1.29, 1.82) is 0 Å². The van der Waals surface area contributed by atoms with Crippen molar-refractivity contribution in [2.45, 2.75) is 26.1 Å². The zero-order chi connectivity index (χ0) is 14.3. The van der Waals surface area contributed by atoms with Crippen LogP contribution >= 0.6 is 0 Å². The van der Waals surface area contributed by atoms with Crippen LogP contribution in [-0.4, -0.2) is 29.1 Å². The number of esters is 2. The smallest absolute Gasteiger partial charge is 0.345 e. The molecule has 1 aromatic carbocycles. The van der Waals surface area contributed by atoms with E-state index in [1.54, 1.807) is 24.3 Å². The second-order valence-corrected chi connectivity index (χ2v) is 3.79. The second kappa shape index (κ2) is 7.15. The van der Waals surface area contributed by atoms with Gasteiger partial charge in [-0.1, -0.05) is 30.3 Å². The molecule has 1 unspecified atom stereocenters. The van der Waals surface area contributed by atoms with E-state index in [0.717, 1.165) is 12.5 Å². The van der Waals surface area contributed by atoms with Crippen molar-refractivity contribution >= 4 is 17.9 Å². The van der Waals surface area contributed by atoms with Crippen molar-refractivity contribution in [3.8, 4) is 0 Å². The first-order valence-corrected chi connectivity index (χ1v) is 5.58. The molecule has 1 N–H and O–H groups in total. The van der Waals surface area contributed by atoms with Crippen LogP contribution in [0.1, 0.15) is 18.9 Å². The number of carbonyl (C=O) groups is 3. The van der Waals surface area contributed by atoms with Gasteiger partial charge in [0.15, 0.2) is 0 Å². The molecule has 1 atom stereocenters. The number of hydrogen-bond acceptors (Lipinski definition) is 5. The highest BCUT2D eigenvalue weighted by molar-refractivity contribution is 5.82. The normalized spacial score (nSPS) is 11.4. The van der Waals surface area contributed by atoms with Crippen molar-refractivity contribution in [1.82, 2.24) is 0 Å². The lowest BCUT2D eigenvalue weighted by atomic mass is 10.2. The Kier molecular flexibility index (Phi) is 5.53. The third-order valence-corrected chi connectivity index (χ3v) is 2.18. The van der Waals surface area contributed by atoms with E-state index in [-0.39, 0.29) is 6.61 Å². The molecule has 0 bridgehead atoms. The van der Waals surface area contributed by atoms with Crippen LogP contribution in [0.15, 0.2) is 30.3 Å². The minimum atomic E-state index is -1.51. The van der Waals surface area contributed by atoms with E-state index in [1.807, 2.05) is 6.07 Å². The first-order valence-electron chi connectivity index (χ1n) is 5.58. The Labute approximate surface area is 109 Å². The maximum absolute atomic E-state index is 11.4. The molecule has 0 saturated carbocycles. The Morgan fingerprint density at radius 3 is 2.37 bits per heavy atom. The number of benzene rings is 1. The summed E-state index contributed by atoms with van der Waals surface area (Å²) < 4.78 is 9.39. The molecule has 0 fully saturated rings. The molecule has 0 saturated heterocycles. The molecule has 1 aromatic rings. The molecule has 0 amide bonds. The molecule has 6 heteroatoms. The number of hydrogen-bond donors (Lipinski definition) is 1. The highest BCUT2D eigenvalue weighted by Gasteiger charge is 2.25. The quantitative estimate of drug-likeness (QED) is 0.776. The lowest BCUT2D eigenvalue weighted by Gasteiger charge is -2.11. The monoisotopic (exact) mass is 266 g/mol. The molecule has 0 aromatic heterocycles. The first-order chi connectivity index (χ1) is 8.99. The zero-order valence-corrected chi connectivity index (χ0v) is 10.4. The summed E-state index contributed by atoms with van der Waals surface area (Å²) in [6, 6.07) is 8.96. The van der Waals surface area contributed by atoms with E-state index in [0.29, 0.717) is 0 Å². The van der Waals surface area contributed by atoms with Gasteiger partial charge in [0.25, 0.3) is 0 Å². The van der Waals surface area contributed by atoms with Gasteiger partial charge in [0.05, 0.1) is 6.42 Å². The summed E-state index contributed by atoms with van der Waals surface area (Å²) in [5.41, 5.74) is 0.787. The summed E-state index contributed by atoms with van der Waals surface area (Å²) in [4.78, 5) is 32.9. The molecule has 0 spiro atoms. The van der Waals surface area contributed by atoms with Crippen LogP contribution in [0.5, 0.6) is 0 Å². The molecule has 0 heterocycles. The van der Waals surface area contributed by atoms with Gasteiger partial charge in [-0.25, -0.2) is 4.79 Å². The van der Waals surface area contributed by atoms with Crippen LogP contribution in [0.3, 0.4) is 0 Å². The molecule has 0 radical (unpaired) electrons. The fourth-order valence-corrected chi connectivity index (χ4v) is 1.33. The van der Waals surface area contributed by atoms with Crippen LogP contribution in [0.2, 0.25) is 0 Å². The highest BCUT2D eigenvalue weighted by atomic mass is 16.6. The van der Waals surface area contributed by atoms with Crippen molar-refractivity contribution < 1.29 is 29.0 Å². The summed E-state index contributed by atoms with van der Waals surface area (Å²) in [5, 5.41) is 8.77. The van der Waals surface area contributed by atoms with Gasteiger partial charge in [-0.05, 0) is 5.56 Å². The summed E-state index contributed by atoms with van der Waals surface area (Å²) in [5.74, 6) is -2.88. The Morgan fingerprint density at radius 2 is 1.84 bits per heavy atom. The number of carboxylic acids is 1. The molecule has 102 valence electrons. The van der Waals surface area contributed by atoms with E-state index in [1.165, 1.54) is 0 Å². The largest absolute Gasteiger partial charge is 0.478 e. The predicted octanol–water partition coefficient (Wildman–Crippen LogP) is 1.14. The molecule has 0 aliphatic rings. The zero-order valence-electron chi connectivity index (χ0n) is 10.4. The molecule has 0 aliphatic heterocycles. The van der Waals surface area contributed by atoms with Crippen LogP contribution in [-0.2, 0) is 30.5 Å². The van der Waals surface area contributed by atoms with Crippen LogP contribution in [0.25, 0.3) is 0 Å². The maximum atomic E-state index is 11.4. The molecular weight excluding hydrogens is 252 g/mol. The van der Waals surface area contributed by atoms with E-state index in [4.69, 9.17) is 9.84 Å². The van der Waals surface area contributed by atoms with Gasteiger partial charge >= 0.3 is 17.9 Å². The number of carboxylic acid groups (broad SMARTS) is 1. The summed E-state index contributed by atoms with van der Waals surface area (Å²) in [6.45, 7) is 1.12. The Morgan fingerprint density at radius 1 is 1.21 bits per heavy atom. The SMILES string of the molecule is CC(=O)OC(CC(=O)OCc1ccccc1)C(=O)O. The van der Waals surface area contributed by atoms with Crippen molar-refractivity contribution in [2.24, 2.45) is 0 Å². The Hall–Kier alpha value is -2.37. The highest BCUT2D eigenvalue weighted by Crippen LogP contribution is 2.05. The molecule has 0 aliphatic carbocycles. The fourth-order valence-electron chi connectivity index (χ4n) is 1.33. The lowest BCUT2D eigenvalue weighted by molar-refractivity contribution is -0.167. The number of aliphatic carboxylic acids is 1. The van der Waals surface area contributed by atoms with Gasteiger partial charge in [0, 0.05) is 6.92 Å². The standard InChI is InChI=1S/C13H14O6/c1-9(14)19-11(13(16)17)7-12(15)18-8-10-5-3-2-4-6-10/h2-6,11H,7-8H2,1H3,(H,16,17). The molecule has 19 heavy (non-hydrogen) atoms. The minimum absolute atomic E-state index is 0.0477. The second-order valence-electron chi connectivity index (χ2n) is 3.79. The van der Waals surface area contributed by atoms with E-state index in [9.17, 15) is 14.4 Å². The maximum Gasteiger partial charge on any atom is 0.345 e. The first kappa shape index (κ1) is 14.7. The number of carbonyl (C=O) groups excluding carboxylic acids is 2.